The van der Waals surface area contributed by atoms with Crippen molar-refractivity contribution < 1.29 is 23.4 Å². The van der Waals surface area contributed by atoms with Gasteiger partial charge < -0.3 is 25.2 Å². The zero-order valence-electron chi connectivity index (χ0n) is 13.8. The number of aromatic nitrogens is 1. The molecule has 134 valence electrons. The molecule has 1 aromatic carbocycles. The number of hydrogen-bond donors (Lipinski definition) is 4. The lowest BCUT2D eigenvalue weighted by molar-refractivity contribution is 0.389. The number of nitrogen functional groups attached to an aromatic ring is 1. The maximum absolute atomic E-state index is 14.4. The van der Waals surface area contributed by atoms with Gasteiger partial charge in [0.15, 0.2) is 11.6 Å². The summed E-state index contributed by atoms with van der Waals surface area (Å²) in [6, 6.07) is 4.12. The van der Waals surface area contributed by atoms with Crippen LogP contribution in [0.2, 0.25) is 0 Å². The highest BCUT2D eigenvalue weighted by Crippen LogP contribution is 2.35. The Labute approximate surface area is 147 Å². The highest BCUT2D eigenvalue weighted by atomic mass is 32.2. The molecule has 0 fully saturated rings. The van der Waals surface area contributed by atoms with Gasteiger partial charge >= 0.3 is 7.12 Å². The summed E-state index contributed by atoms with van der Waals surface area (Å²) in [5, 5.41) is 18.6. The van der Waals surface area contributed by atoms with Crippen molar-refractivity contribution in [2.45, 2.75) is 13.3 Å². The van der Waals surface area contributed by atoms with Crippen molar-refractivity contribution in [3.05, 3.63) is 30.2 Å². The van der Waals surface area contributed by atoms with Crippen molar-refractivity contribution in [2.24, 2.45) is 0 Å². The third-order valence-corrected chi connectivity index (χ3v) is 4.64. The molecule has 0 bridgehead atoms. The predicted molar refractivity (Wildman–Crippen MR) is 97.3 cm³/mol. The molecule has 2 rings (SSSR count). The van der Waals surface area contributed by atoms with Gasteiger partial charge in [-0.25, -0.2) is 13.6 Å². The van der Waals surface area contributed by atoms with Crippen LogP contribution in [0.1, 0.15) is 13.3 Å². The summed E-state index contributed by atoms with van der Waals surface area (Å²) in [5.74, 6) is -0.261. The minimum Gasteiger partial charge on any atom is -0.492 e. The van der Waals surface area contributed by atoms with E-state index in [1.807, 2.05) is 6.92 Å². The molecule has 7 nitrogen and oxygen atoms in total. The van der Waals surface area contributed by atoms with Crippen LogP contribution in [-0.4, -0.2) is 39.2 Å². The minimum atomic E-state index is -1.73. The Morgan fingerprint density at radius 1 is 1.40 bits per heavy atom. The van der Waals surface area contributed by atoms with Crippen molar-refractivity contribution in [3.8, 4) is 16.9 Å². The Balaban J connectivity index is 2.54. The topological polar surface area (TPSA) is 118 Å². The van der Waals surface area contributed by atoms with Crippen molar-refractivity contribution >= 4 is 35.1 Å². The number of nitrogens with two attached hydrogens (primary N) is 1. The molecule has 5 N–H and O–H groups in total. The second kappa shape index (κ2) is 8.28. The molecule has 1 unspecified atom stereocenters. The number of ether oxygens (including phenoxy) is 1. The number of halogens is 1. The third kappa shape index (κ3) is 4.47. The van der Waals surface area contributed by atoms with E-state index in [4.69, 9.17) is 10.5 Å². The number of rotatable bonds is 7. The summed E-state index contributed by atoms with van der Waals surface area (Å²) in [6.07, 6.45) is 1.91. The molecule has 0 spiro atoms. The first-order valence-corrected chi connectivity index (χ1v) is 8.83. The van der Waals surface area contributed by atoms with Crippen LogP contribution < -0.4 is 20.7 Å². The van der Waals surface area contributed by atoms with Gasteiger partial charge in [0.05, 0.1) is 12.8 Å². The summed E-state index contributed by atoms with van der Waals surface area (Å²) < 4.78 is 34.1. The van der Waals surface area contributed by atoms with Crippen molar-refractivity contribution in [2.75, 3.05) is 23.3 Å². The van der Waals surface area contributed by atoms with Crippen LogP contribution >= 0.6 is 0 Å². The SMILES string of the molecule is CCCS(=O)Nc1cc(-c2cc(B(O)O)cnc2N)cc(F)c1OC. The standard InChI is InChI=1S/C15H19BFN3O4S/c1-3-4-25(23)20-13-6-9(5-12(17)14(13)24-2)11-7-10(16(21)22)8-19-15(11)18/h5-8,20-22H,3-4H2,1-2H3,(H2,18,19). The summed E-state index contributed by atoms with van der Waals surface area (Å²) in [6.45, 7) is 1.88. The second-order valence-corrected chi connectivity index (χ2v) is 6.57. The number of pyridine rings is 1. The van der Waals surface area contributed by atoms with E-state index in [2.05, 4.69) is 9.71 Å². The van der Waals surface area contributed by atoms with Crippen LogP contribution in [0.3, 0.4) is 0 Å². The van der Waals surface area contributed by atoms with Crippen LogP contribution in [-0.2, 0) is 11.0 Å². The van der Waals surface area contributed by atoms with Gasteiger partial charge in [0.25, 0.3) is 0 Å². The largest absolute Gasteiger partial charge is 0.492 e. The Morgan fingerprint density at radius 3 is 2.72 bits per heavy atom. The first-order chi connectivity index (χ1) is 11.9. The third-order valence-electron chi connectivity index (χ3n) is 3.41. The minimum absolute atomic E-state index is 0.0712. The molecular formula is C15H19BFN3O4S. The van der Waals surface area contributed by atoms with E-state index in [0.29, 0.717) is 23.3 Å². The van der Waals surface area contributed by atoms with Gasteiger partial charge in [-0.3, -0.25) is 0 Å². The van der Waals surface area contributed by atoms with E-state index in [0.717, 1.165) is 0 Å². The molecule has 1 aromatic heterocycles. The Bertz CT molecular complexity index is 792. The summed E-state index contributed by atoms with van der Waals surface area (Å²) in [4.78, 5) is 3.89. The van der Waals surface area contributed by atoms with Gasteiger partial charge in [-0.2, -0.15) is 0 Å². The molecule has 0 saturated heterocycles. The summed E-state index contributed by atoms with van der Waals surface area (Å²) in [5.41, 5.74) is 6.81. The maximum Gasteiger partial charge on any atom is 0.490 e. The van der Waals surface area contributed by atoms with Gasteiger partial charge in [0.1, 0.15) is 16.8 Å². The zero-order chi connectivity index (χ0) is 18.6. The number of benzene rings is 1. The first kappa shape index (κ1) is 19.2. The van der Waals surface area contributed by atoms with Crippen LogP contribution in [0.15, 0.2) is 24.4 Å². The molecular weight excluding hydrogens is 348 g/mol. The van der Waals surface area contributed by atoms with E-state index in [1.165, 1.54) is 31.5 Å². The molecule has 0 saturated carbocycles. The number of anilines is 2. The molecule has 10 heteroatoms. The molecule has 0 radical (unpaired) electrons. The Kier molecular flexibility index (Phi) is 6.35. The number of nitrogens with one attached hydrogen (secondary N) is 1. The molecule has 1 atom stereocenters. The fourth-order valence-electron chi connectivity index (χ4n) is 2.26. The van der Waals surface area contributed by atoms with E-state index < -0.39 is 23.9 Å². The average Bonchev–Trinajstić information content (AvgIpc) is 2.55. The Morgan fingerprint density at radius 2 is 2.12 bits per heavy atom. The highest BCUT2D eigenvalue weighted by molar-refractivity contribution is 7.86. The van der Waals surface area contributed by atoms with E-state index in [-0.39, 0.29) is 22.7 Å². The van der Waals surface area contributed by atoms with Gasteiger partial charge in [-0.15, -0.1) is 0 Å². The van der Waals surface area contributed by atoms with Crippen molar-refractivity contribution in [3.63, 3.8) is 0 Å². The van der Waals surface area contributed by atoms with Crippen LogP contribution in [0.4, 0.5) is 15.9 Å². The number of methoxy groups -OCH3 is 1. The number of nitrogens with zero attached hydrogens (tertiary/aromatic N) is 1. The van der Waals surface area contributed by atoms with Crippen molar-refractivity contribution in [1.29, 1.82) is 0 Å². The molecule has 0 amide bonds. The lowest BCUT2D eigenvalue weighted by atomic mass is 9.80. The monoisotopic (exact) mass is 367 g/mol. The lowest BCUT2D eigenvalue weighted by Gasteiger charge is -2.15. The average molecular weight is 367 g/mol. The summed E-state index contributed by atoms with van der Waals surface area (Å²) >= 11 is 0. The van der Waals surface area contributed by atoms with E-state index in [9.17, 15) is 18.6 Å². The number of hydrogen-bond acceptors (Lipinski definition) is 6. The van der Waals surface area contributed by atoms with Gasteiger partial charge in [-0.05, 0) is 30.2 Å². The van der Waals surface area contributed by atoms with E-state index >= 15 is 0 Å². The van der Waals surface area contributed by atoms with Gasteiger partial charge in [0.2, 0.25) is 0 Å². The molecule has 0 aliphatic heterocycles. The molecule has 2 aromatic rings. The fourth-order valence-corrected chi connectivity index (χ4v) is 3.12. The lowest BCUT2D eigenvalue weighted by Crippen LogP contribution is -2.30. The molecule has 1 heterocycles. The normalized spacial score (nSPS) is 11.9. The van der Waals surface area contributed by atoms with Crippen LogP contribution in [0, 0.1) is 5.82 Å². The van der Waals surface area contributed by atoms with Gasteiger partial charge in [-0.1, -0.05) is 6.92 Å². The van der Waals surface area contributed by atoms with Crippen LogP contribution in [0.25, 0.3) is 11.1 Å². The van der Waals surface area contributed by atoms with E-state index in [1.54, 1.807) is 0 Å². The van der Waals surface area contributed by atoms with Crippen molar-refractivity contribution in [1.82, 2.24) is 4.98 Å². The maximum atomic E-state index is 14.4. The fraction of sp³-hybridized carbons (Fsp3) is 0.267. The highest BCUT2D eigenvalue weighted by Gasteiger charge is 2.18. The molecule has 0 aliphatic carbocycles. The summed E-state index contributed by atoms with van der Waals surface area (Å²) in [7, 11) is -1.82. The first-order valence-electron chi connectivity index (χ1n) is 7.51. The quantitative estimate of drug-likeness (QED) is 0.534. The molecule has 25 heavy (non-hydrogen) atoms. The predicted octanol–water partition coefficient (Wildman–Crippen LogP) is 0.644. The molecule has 0 aliphatic rings. The Hall–Kier alpha value is -2.17. The smallest absolute Gasteiger partial charge is 0.490 e. The zero-order valence-corrected chi connectivity index (χ0v) is 14.6. The second-order valence-electron chi connectivity index (χ2n) is 5.27. The van der Waals surface area contributed by atoms with Crippen LogP contribution in [0.5, 0.6) is 5.75 Å². The van der Waals surface area contributed by atoms with Gasteiger partial charge in [0, 0.05) is 23.0 Å².